The SMILES string of the molecule is CCCCOC(=O)c1ccccc1N/C=C(/C#N)C(=O)NCCOC. The van der Waals surface area contributed by atoms with Gasteiger partial charge in [0.05, 0.1) is 24.5 Å². The van der Waals surface area contributed by atoms with Gasteiger partial charge < -0.3 is 20.1 Å². The maximum Gasteiger partial charge on any atom is 0.340 e. The molecule has 0 aliphatic carbocycles. The van der Waals surface area contributed by atoms with E-state index in [1.165, 1.54) is 13.3 Å². The zero-order valence-electron chi connectivity index (χ0n) is 14.5. The lowest BCUT2D eigenvalue weighted by atomic mass is 10.1. The Morgan fingerprint density at radius 2 is 2.04 bits per heavy atom. The minimum atomic E-state index is -0.518. The highest BCUT2D eigenvalue weighted by Crippen LogP contribution is 2.17. The summed E-state index contributed by atoms with van der Waals surface area (Å²) in [7, 11) is 1.52. The molecule has 1 amide bonds. The summed E-state index contributed by atoms with van der Waals surface area (Å²) in [5, 5.41) is 14.5. The Hall–Kier alpha value is -2.85. The van der Waals surface area contributed by atoms with Crippen molar-refractivity contribution in [1.29, 1.82) is 5.26 Å². The van der Waals surface area contributed by atoms with Crippen LogP contribution >= 0.6 is 0 Å². The second-order valence-corrected chi connectivity index (χ2v) is 5.10. The normalized spacial score (nSPS) is 10.7. The van der Waals surface area contributed by atoms with E-state index in [0.29, 0.717) is 31.0 Å². The van der Waals surface area contributed by atoms with E-state index in [1.54, 1.807) is 24.3 Å². The highest BCUT2D eigenvalue weighted by molar-refractivity contribution is 5.98. The molecule has 0 atom stereocenters. The molecule has 1 aromatic carbocycles. The highest BCUT2D eigenvalue weighted by atomic mass is 16.5. The van der Waals surface area contributed by atoms with Crippen molar-refractivity contribution in [3.05, 3.63) is 41.6 Å². The summed E-state index contributed by atoms with van der Waals surface area (Å²) in [5.74, 6) is -0.969. The fourth-order valence-electron chi connectivity index (χ4n) is 1.83. The number of rotatable bonds is 10. The van der Waals surface area contributed by atoms with Gasteiger partial charge in [-0.3, -0.25) is 4.79 Å². The van der Waals surface area contributed by atoms with Crippen molar-refractivity contribution in [3.8, 4) is 6.07 Å². The maximum absolute atomic E-state index is 12.1. The Morgan fingerprint density at radius 1 is 1.28 bits per heavy atom. The first-order valence-electron chi connectivity index (χ1n) is 8.04. The summed E-state index contributed by atoms with van der Waals surface area (Å²) in [6.07, 6.45) is 2.99. The molecule has 0 aliphatic heterocycles. The lowest BCUT2D eigenvalue weighted by Gasteiger charge is -2.10. The minimum Gasteiger partial charge on any atom is -0.462 e. The number of unbranched alkanes of at least 4 members (excludes halogenated alkanes) is 1. The molecule has 0 unspecified atom stereocenters. The number of ether oxygens (including phenoxy) is 2. The Balaban J connectivity index is 2.79. The van der Waals surface area contributed by atoms with Crippen LogP contribution in [0.1, 0.15) is 30.1 Å². The van der Waals surface area contributed by atoms with Gasteiger partial charge in [0, 0.05) is 19.9 Å². The first-order chi connectivity index (χ1) is 12.1. The average Bonchev–Trinajstić information content (AvgIpc) is 2.63. The number of nitrogens with zero attached hydrogens (tertiary/aromatic N) is 1. The van der Waals surface area contributed by atoms with Crippen LogP contribution in [0.4, 0.5) is 5.69 Å². The molecule has 1 rings (SSSR count). The van der Waals surface area contributed by atoms with Gasteiger partial charge in [0.1, 0.15) is 11.6 Å². The van der Waals surface area contributed by atoms with Crippen LogP contribution in [0.3, 0.4) is 0 Å². The average molecular weight is 345 g/mol. The van der Waals surface area contributed by atoms with Gasteiger partial charge >= 0.3 is 5.97 Å². The van der Waals surface area contributed by atoms with E-state index in [-0.39, 0.29) is 5.57 Å². The molecule has 0 heterocycles. The van der Waals surface area contributed by atoms with E-state index >= 15 is 0 Å². The first-order valence-corrected chi connectivity index (χ1v) is 8.04. The van der Waals surface area contributed by atoms with Gasteiger partial charge in [-0.05, 0) is 18.6 Å². The molecular weight excluding hydrogens is 322 g/mol. The van der Waals surface area contributed by atoms with Crippen LogP contribution < -0.4 is 10.6 Å². The summed E-state index contributed by atoms with van der Waals surface area (Å²) in [5.41, 5.74) is 0.693. The van der Waals surface area contributed by atoms with Crippen LogP contribution in [0.5, 0.6) is 0 Å². The van der Waals surface area contributed by atoms with Crippen molar-refractivity contribution in [2.45, 2.75) is 19.8 Å². The standard InChI is InChI=1S/C18H23N3O4/c1-3-4-10-25-18(23)15-7-5-6-8-16(15)21-13-14(12-19)17(22)20-9-11-24-2/h5-8,13,21H,3-4,9-11H2,1-2H3,(H,20,22)/b14-13-. The molecule has 25 heavy (non-hydrogen) atoms. The van der Waals surface area contributed by atoms with Crippen LogP contribution in [0.15, 0.2) is 36.0 Å². The van der Waals surface area contributed by atoms with Gasteiger partial charge in [0.25, 0.3) is 5.91 Å². The zero-order valence-corrected chi connectivity index (χ0v) is 14.5. The van der Waals surface area contributed by atoms with Gasteiger partial charge in [0.15, 0.2) is 0 Å². The number of carbonyl (C=O) groups is 2. The molecule has 0 radical (unpaired) electrons. The smallest absolute Gasteiger partial charge is 0.340 e. The minimum absolute atomic E-state index is 0.106. The summed E-state index contributed by atoms with van der Waals surface area (Å²) in [4.78, 5) is 24.0. The number of hydrogen-bond donors (Lipinski definition) is 2. The molecule has 134 valence electrons. The third kappa shape index (κ3) is 7.06. The van der Waals surface area contributed by atoms with Crippen molar-refractivity contribution in [1.82, 2.24) is 5.32 Å². The molecular formula is C18H23N3O4. The number of nitriles is 1. The quantitative estimate of drug-likeness (QED) is 0.292. The predicted octanol–water partition coefficient (Wildman–Crippen LogP) is 2.23. The third-order valence-corrected chi connectivity index (χ3v) is 3.21. The number of para-hydroxylation sites is 1. The Labute approximate surface area is 147 Å². The van der Waals surface area contributed by atoms with Crippen LogP contribution in [0, 0.1) is 11.3 Å². The predicted molar refractivity (Wildman–Crippen MR) is 93.8 cm³/mol. The second kappa shape index (κ2) is 11.6. The molecule has 7 nitrogen and oxygen atoms in total. The third-order valence-electron chi connectivity index (χ3n) is 3.21. The number of esters is 1. The van der Waals surface area contributed by atoms with Crippen molar-refractivity contribution >= 4 is 17.6 Å². The monoisotopic (exact) mass is 345 g/mol. The Kier molecular flexibility index (Phi) is 9.41. The van der Waals surface area contributed by atoms with E-state index < -0.39 is 11.9 Å². The van der Waals surface area contributed by atoms with Gasteiger partial charge in [0.2, 0.25) is 0 Å². The van der Waals surface area contributed by atoms with Gasteiger partial charge in [-0.15, -0.1) is 0 Å². The topological polar surface area (TPSA) is 100 Å². The lowest BCUT2D eigenvalue weighted by molar-refractivity contribution is -0.117. The number of anilines is 1. The summed E-state index contributed by atoms with van der Waals surface area (Å²) in [6, 6.07) is 8.57. The van der Waals surface area contributed by atoms with Crippen LogP contribution in [0.2, 0.25) is 0 Å². The van der Waals surface area contributed by atoms with E-state index in [1.807, 2.05) is 13.0 Å². The van der Waals surface area contributed by atoms with Crippen LogP contribution in [0.25, 0.3) is 0 Å². The summed E-state index contributed by atoms with van der Waals surface area (Å²) in [6.45, 7) is 3.01. The number of carbonyl (C=O) groups excluding carboxylic acids is 2. The van der Waals surface area contributed by atoms with E-state index in [4.69, 9.17) is 14.7 Å². The number of nitrogens with one attached hydrogen (secondary N) is 2. The van der Waals surface area contributed by atoms with Crippen molar-refractivity contribution < 1.29 is 19.1 Å². The number of amides is 1. The van der Waals surface area contributed by atoms with Crippen LogP contribution in [-0.4, -0.2) is 38.7 Å². The van der Waals surface area contributed by atoms with Crippen molar-refractivity contribution in [3.63, 3.8) is 0 Å². The molecule has 0 saturated carbocycles. The highest BCUT2D eigenvalue weighted by Gasteiger charge is 2.13. The Morgan fingerprint density at radius 3 is 2.72 bits per heavy atom. The van der Waals surface area contributed by atoms with Crippen molar-refractivity contribution in [2.75, 3.05) is 32.2 Å². The van der Waals surface area contributed by atoms with Crippen molar-refractivity contribution in [2.24, 2.45) is 0 Å². The second-order valence-electron chi connectivity index (χ2n) is 5.10. The molecule has 1 aromatic rings. The lowest BCUT2D eigenvalue weighted by Crippen LogP contribution is -2.28. The van der Waals surface area contributed by atoms with Gasteiger partial charge in [-0.2, -0.15) is 5.26 Å². The molecule has 0 aromatic heterocycles. The molecule has 2 N–H and O–H groups in total. The molecule has 0 aliphatic rings. The fraction of sp³-hybridized carbons (Fsp3) is 0.389. The summed E-state index contributed by atoms with van der Waals surface area (Å²) < 4.78 is 10.0. The van der Waals surface area contributed by atoms with E-state index in [0.717, 1.165) is 12.8 Å². The zero-order chi connectivity index (χ0) is 18.5. The fourth-order valence-corrected chi connectivity index (χ4v) is 1.83. The van der Waals surface area contributed by atoms with E-state index in [9.17, 15) is 9.59 Å². The number of methoxy groups -OCH3 is 1. The summed E-state index contributed by atoms with van der Waals surface area (Å²) >= 11 is 0. The Bertz CT molecular complexity index is 650. The van der Waals surface area contributed by atoms with Gasteiger partial charge in [-0.1, -0.05) is 25.5 Å². The van der Waals surface area contributed by atoms with Crippen LogP contribution in [-0.2, 0) is 14.3 Å². The molecule has 7 heteroatoms. The van der Waals surface area contributed by atoms with Gasteiger partial charge in [-0.25, -0.2) is 4.79 Å². The van der Waals surface area contributed by atoms with E-state index in [2.05, 4.69) is 10.6 Å². The largest absolute Gasteiger partial charge is 0.462 e. The molecule has 0 fully saturated rings. The molecule has 0 bridgehead atoms. The number of benzene rings is 1. The maximum atomic E-state index is 12.1. The number of hydrogen-bond acceptors (Lipinski definition) is 6. The molecule has 0 saturated heterocycles. The molecule has 0 spiro atoms. The first kappa shape index (κ1) is 20.2.